The molecule has 2 rings (SSSR count). The Morgan fingerprint density at radius 1 is 1.44 bits per heavy atom. The van der Waals surface area contributed by atoms with Crippen LogP contribution in [-0.2, 0) is 4.79 Å². The summed E-state index contributed by atoms with van der Waals surface area (Å²) in [5.74, 6) is -0.0869. The number of rotatable bonds is 3. The van der Waals surface area contributed by atoms with Crippen LogP contribution in [0.15, 0.2) is 41.1 Å². The fraction of sp³-hybridized carbons (Fsp3) is 0.231. The molecule has 0 aliphatic carbocycles. The highest BCUT2D eigenvalue weighted by Crippen LogP contribution is 2.20. The largest absolute Gasteiger partial charge is 0.324 e. The first-order valence-electron chi connectivity index (χ1n) is 5.63. The summed E-state index contributed by atoms with van der Waals surface area (Å²) in [6.45, 7) is 3.80. The molecule has 0 aliphatic heterocycles. The van der Waals surface area contributed by atoms with Crippen molar-refractivity contribution in [3.8, 4) is 0 Å². The Hall–Kier alpha value is -1.62. The predicted molar refractivity (Wildman–Crippen MR) is 74.4 cm³/mol. The lowest BCUT2D eigenvalue weighted by Crippen LogP contribution is -2.24. The summed E-state index contributed by atoms with van der Waals surface area (Å²) in [5.41, 5.74) is 1.87. The van der Waals surface area contributed by atoms with Gasteiger partial charge in [-0.1, -0.05) is 15.9 Å². The maximum absolute atomic E-state index is 12.0. The number of aryl methyl sites for hydroxylation is 1. The fourth-order valence-corrected chi connectivity index (χ4v) is 2.29. The lowest BCUT2D eigenvalue weighted by atomic mass is 10.2. The van der Waals surface area contributed by atoms with Crippen molar-refractivity contribution in [2.24, 2.45) is 0 Å². The molecule has 1 aromatic carbocycles. The molecule has 0 saturated heterocycles. The van der Waals surface area contributed by atoms with Crippen LogP contribution in [0.25, 0.3) is 0 Å². The number of halogens is 1. The number of nitrogens with one attached hydrogen (secondary N) is 1. The standard InChI is InChI=1S/C13H14BrN3O/c1-9-6-11(14)8-12(7-9)16-13(18)10(2)17-5-3-4-15-17/h3-8,10H,1-2H3,(H,16,18). The first-order chi connectivity index (χ1) is 8.56. The molecule has 5 heteroatoms. The molecular formula is C13H14BrN3O. The van der Waals surface area contributed by atoms with Crippen molar-refractivity contribution >= 4 is 27.5 Å². The highest BCUT2D eigenvalue weighted by molar-refractivity contribution is 9.10. The van der Waals surface area contributed by atoms with E-state index < -0.39 is 0 Å². The summed E-state index contributed by atoms with van der Waals surface area (Å²) in [6, 6.07) is 7.26. The lowest BCUT2D eigenvalue weighted by molar-refractivity contribution is -0.119. The van der Waals surface area contributed by atoms with Gasteiger partial charge in [-0.15, -0.1) is 0 Å². The fourth-order valence-electron chi connectivity index (χ4n) is 1.69. The van der Waals surface area contributed by atoms with Crippen molar-refractivity contribution in [1.29, 1.82) is 0 Å². The molecule has 2 aromatic rings. The molecule has 0 fully saturated rings. The van der Waals surface area contributed by atoms with E-state index in [1.54, 1.807) is 23.1 Å². The van der Waals surface area contributed by atoms with Gasteiger partial charge in [0, 0.05) is 22.6 Å². The minimum atomic E-state index is -0.334. The minimum Gasteiger partial charge on any atom is -0.324 e. The highest BCUT2D eigenvalue weighted by atomic mass is 79.9. The smallest absolute Gasteiger partial charge is 0.248 e. The van der Waals surface area contributed by atoms with Crippen LogP contribution in [0.3, 0.4) is 0 Å². The van der Waals surface area contributed by atoms with E-state index in [-0.39, 0.29) is 11.9 Å². The van der Waals surface area contributed by atoms with Crippen molar-refractivity contribution in [3.63, 3.8) is 0 Å². The molecular weight excluding hydrogens is 294 g/mol. The van der Waals surface area contributed by atoms with Gasteiger partial charge in [0.2, 0.25) is 5.91 Å². The number of anilines is 1. The third kappa shape index (κ3) is 2.98. The Morgan fingerprint density at radius 3 is 2.83 bits per heavy atom. The van der Waals surface area contributed by atoms with E-state index in [4.69, 9.17) is 0 Å². The monoisotopic (exact) mass is 307 g/mol. The average molecular weight is 308 g/mol. The van der Waals surface area contributed by atoms with Gasteiger partial charge in [0.05, 0.1) is 0 Å². The van der Waals surface area contributed by atoms with Crippen molar-refractivity contribution in [2.75, 3.05) is 5.32 Å². The molecule has 0 aliphatic rings. The molecule has 1 heterocycles. The zero-order valence-corrected chi connectivity index (χ0v) is 11.8. The van der Waals surface area contributed by atoms with Gasteiger partial charge in [-0.05, 0) is 43.7 Å². The molecule has 0 bridgehead atoms. The Labute approximate surface area is 114 Å². The zero-order valence-electron chi connectivity index (χ0n) is 10.2. The summed E-state index contributed by atoms with van der Waals surface area (Å²) in [6.07, 6.45) is 3.43. The van der Waals surface area contributed by atoms with Gasteiger partial charge in [0.1, 0.15) is 6.04 Å². The molecule has 1 atom stereocenters. The lowest BCUT2D eigenvalue weighted by Gasteiger charge is -2.13. The Bertz CT molecular complexity index is 531. The van der Waals surface area contributed by atoms with Crippen LogP contribution in [0.2, 0.25) is 0 Å². The summed E-state index contributed by atoms with van der Waals surface area (Å²) < 4.78 is 2.57. The third-order valence-electron chi connectivity index (χ3n) is 2.61. The molecule has 1 amide bonds. The number of aromatic nitrogens is 2. The first-order valence-corrected chi connectivity index (χ1v) is 6.43. The molecule has 1 N–H and O–H groups in total. The maximum Gasteiger partial charge on any atom is 0.248 e. The molecule has 0 radical (unpaired) electrons. The van der Waals surface area contributed by atoms with Crippen LogP contribution in [-0.4, -0.2) is 15.7 Å². The van der Waals surface area contributed by atoms with Crippen molar-refractivity contribution < 1.29 is 4.79 Å². The number of hydrogen-bond donors (Lipinski definition) is 1. The highest BCUT2D eigenvalue weighted by Gasteiger charge is 2.15. The normalized spacial score (nSPS) is 12.2. The number of carbonyl (C=O) groups excluding carboxylic acids is 1. The van der Waals surface area contributed by atoms with E-state index in [0.717, 1.165) is 15.7 Å². The Morgan fingerprint density at radius 2 is 2.22 bits per heavy atom. The van der Waals surface area contributed by atoms with E-state index in [2.05, 4.69) is 26.3 Å². The van der Waals surface area contributed by atoms with Crippen LogP contribution in [0.4, 0.5) is 5.69 Å². The summed E-state index contributed by atoms with van der Waals surface area (Å²) in [4.78, 5) is 12.0. The second kappa shape index (κ2) is 5.35. The third-order valence-corrected chi connectivity index (χ3v) is 3.07. The average Bonchev–Trinajstić information content (AvgIpc) is 2.79. The van der Waals surface area contributed by atoms with Gasteiger partial charge in [0.25, 0.3) is 0 Å². The maximum atomic E-state index is 12.0. The van der Waals surface area contributed by atoms with Crippen LogP contribution in [0.1, 0.15) is 18.5 Å². The van der Waals surface area contributed by atoms with Crippen LogP contribution in [0, 0.1) is 6.92 Å². The van der Waals surface area contributed by atoms with Gasteiger partial charge in [-0.25, -0.2) is 0 Å². The zero-order chi connectivity index (χ0) is 13.1. The van der Waals surface area contributed by atoms with E-state index >= 15 is 0 Å². The van der Waals surface area contributed by atoms with Gasteiger partial charge in [-0.3, -0.25) is 9.48 Å². The molecule has 94 valence electrons. The molecule has 1 unspecified atom stereocenters. The van der Waals surface area contributed by atoms with E-state index in [0.29, 0.717) is 0 Å². The van der Waals surface area contributed by atoms with Crippen molar-refractivity contribution in [1.82, 2.24) is 9.78 Å². The van der Waals surface area contributed by atoms with Crippen LogP contribution < -0.4 is 5.32 Å². The molecule has 1 aromatic heterocycles. The van der Waals surface area contributed by atoms with E-state index in [9.17, 15) is 4.79 Å². The molecule has 18 heavy (non-hydrogen) atoms. The summed E-state index contributed by atoms with van der Waals surface area (Å²) in [5, 5.41) is 6.94. The molecule has 0 saturated carbocycles. The van der Waals surface area contributed by atoms with Gasteiger partial charge in [0.15, 0.2) is 0 Å². The number of hydrogen-bond acceptors (Lipinski definition) is 2. The summed E-state index contributed by atoms with van der Waals surface area (Å²) >= 11 is 3.41. The molecule has 4 nitrogen and oxygen atoms in total. The number of carbonyl (C=O) groups is 1. The predicted octanol–water partition coefficient (Wildman–Crippen LogP) is 3.15. The molecule has 0 spiro atoms. The number of nitrogens with zero attached hydrogens (tertiary/aromatic N) is 2. The van der Waals surface area contributed by atoms with Crippen LogP contribution in [0.5, 0.6) is 0 Å². The summed E-state index contributed by atoms with van der Waals surface area (Å²) in [7, 11) is 0. The van der Waals surface area contributed by atoms with Gasteiger partial charge in [-0.2, -0.15) is 5.10 Å². The van der Waals surface area contributed by atoms with Gasteiger partial charge >= 0.3 is 0 Å². The first kappa shape index (κ1) is 12.8. The van der Waals surface area contributed by atoms with Gasteiger partial charge < -0.3 is 5.32 Å². The van der Waals surface area contributed by atoms with Crippen LogP contribution >= 0.6 is 15.9 Å². The van der Waals surface area contributed by atoms with Crippen molar-refractivity contribution in [3.05, 3.63) is 46.7 Å². The quantitative estimate of drug-likeness (QED) is 0.947. The minimum absolute atomic E-state index is 0.0869. The second-order valence-electron chi connectivity index (χ2n) is 4.17. The van der Waals surface area contributed by atoms with E-state index in [1.165, 1.54) is 0 Å². The number of amides is 1. The number of benzene rings is 1. The van der Waals surface area contributed by atoms with Crippen molar-refractivity contribution in [2.45, 2.75) is 19.9 Å². The SMILES string of the molecule is Cc1cc(Br)cc(NC(=O)C(C)n2cccn2)c1. The second-order valence-corrected chi connectivity index (χ2v) is 5.08. The van der Waals surface area contributed by atoms with E-state index in [1.807, 2.05) is 32.0 Å². The topological polar surface area (TPSA) is 46.9 Å². The Kier molecular flexibility index (Phi) is 3.81. The Balaban J connectivity index is 2.11.